The van der Waals surface area contributed by atoms with E-state index in [1.165, 1.54) is 22.5 Å². The van der Waals surface area contributed by atoms with Crippen LogP contribution in [-0.4, -0.2) is 38.2 Å². The summed E-state index contributed by atoms with van der Waals surface area (Å²) in [6.07, 6.45) is -0.959. The van der Waals surface area contributed by atoms with Crippen LogP contribution in [0.25, 0.3) is 5.69 Å². The van der Waals surface area contributed by atoms with Gasteiger partial charge in [0.15, 0.2) is 0 Å². The fourth-order valence-corrected chi connectivity index (χ4v) is 3.05. The summed E-state index contributed by atoms with van der Waals surface area (Å²) in [5.41, 5.74) is 0.939. The summed E-state index contributed by atoms with van der Waals surface area (Å²) >= 11 is 1.23. The van der Waals surface area contributed by atoms with Crippen molar-refractivity contribution >= 4 is 11.8 Å². The van der Waals surface area contributed by atoms with Gasteiger partial charge in [-0.05, 0) is 28.6 Å². The number of aliphatic hydroxyl groups excluding tert-OH is 1. The second-order valence-corrected chi connectivity index (χ2v) is 5.88. The summed E-state index contributed by atoms with van der Waals surface area (Å²) in [7, 11) is 1.57. The first-order chi connectivity index (χ1) is 11.7. The van der Waals surface area contributed by atoms with Gasteiger partial charge >= 0.3 is 0 Å². The Morgan fingerprint density at radius 2 is 1.96 bits per heavy atom. The van der Waals surface area contributed by atoms with Crippen LogP contribution in [0.2, 0.25) is 0 Å². The molecule has 1 aromatic heterocycles. The Balaban J connectivity index is 1.78. The minimum absolute atomic E-state index is 0.219. The van der Waals surface area contributed by atoms with E-state index >= 15 is 0 Å². The van der Waals surface area contributed by atoms with Crippen molar-refractivity contribution in [1.29, 1.82) is 0 Å². The van der Waals surface area contributed by atoms with Gasteiger partial charge in [0.05, 0.1) is 13.2 Å². The van der Waals surface area contributed by atoms with Crippen LogP contribution in [0.15, 0.2) is 53.7 Å². The summed E-state index contributed by atoms with van der Waals surface area (Å²) in [5, 5.41) is 22.3. The predicted molar refractivity (Wildman–Crippen MR) is 87.8 cm³/mol. The molecule has 1 N–H and O–H groups in total. The van der Waals surface area contributed by atoms with E-state index in [1.807, 2.05) is 18.2 Å². The number of hydrogen-bond donors (Lipinski definition) is 1. The SMILES string of the molecule is COc1ccccc1-n1nnnc1SC[C@@H](O)c1ccccc1F. The summed E-state index contributed by atoms with van der Waals surface area (Å²) in [6, 6.07) is 13.5. The van der Waals surface area contributed by atoms with Gasteiger partial charge in [-0.3, -0.25) is 0 Å². The van der Waals surface area contributed by atoms with Gasteiger partial charge in [-0.1, -0.05) is 42.1 Å². The van der Waals surface area contributed by atoms with Crippen LogP contribution in [0, 0.1) is 5.82 Å². The first-order valence-electron chi connectivity index (χ1n) is 7.17. The number of aromatic nitrogens is 4. The average Bonchev–Trinajstić information content (AvgIpc) is 3.08. The molecule has 3 aromatic rings. The molecule has 1 atom stereocenters. The van der Waals surface area contributed by atoms with E-state index in [-0.39, 0.29) is 11.3 Å². The molecule has 0 unspecified atom stereocenters. The minimum Gasteiger partial charge on any atom is -0.494 e. The van der Waals surface area contributed by atoms with Crippen molar-refractivity contribution in [2.75, 3.05) is 12.9 Å². The molecule has 0 fully saturated rings. The molecule has 124 valence electrons. The summed E-state index contributed by atoms with van der Waals surface area (Å²) in [5.74, 6) is 0.410. The molecule has 0 spiro atoms. The van der Waals surface area contributed by atoms with Crippen molar-refractivity contribution in [3.8, 4) is 11.4 Å². The second kappa shape index (κ2) is 7.41. The van der Waals surface area contributed by atoms with Crippen molar-refractivity contribution in [1.82, 2.24) is 20.2 Å². The molecule has 6 nitrogen and oxygen atoms in total. The number of tetrazole rings is 1. The normalized spacial score (nSPS) is 12.1. The molecule has 0 saturated carbocycles. The van der Waals surface area contributed by atoms with Crippen molar-refractivity contribution in [3.05, 3.63) is 59.9 Å². The lowest BCUT2D eigenvalue weighted by molar-refractivity contribution is 0.199. The van der Waals surface area contributed by atoms with Crippen LogP contribution < -0.4 is 4.74 Å². The molecule has 0 aliphatic carbocycles. The van der Waals surface area contributed by atoms with Crippen LogP contribution in [0.3, 0.4) is 0 Å². The molecule has 0 amide bonds. The third-order valence-corrected chi connectivity index (χ3v) is 4.38. The Bertz CT molecular complexity index is 827. The molecule has 3 rings (SSSR count). The maximum atomic E-state index is 13.7. The molecule has 8 heteroatoms. The highest BCUT2D eigenvalue weighted by molar-refractivity contribution is 7.99. The predicted octanol–water partition coefficient (Wildman–Crippen LogP) is 2.64. The fourth-order valence-electron chi connectivity index (χ4n) is 2.21. The summed E-state index contributed by atoms with van der Waals surface area (Å²) in [4.78, 5) is 0. The quantitative estimate of drug-likeness (QED) is 0.692. The zero-order chi connectivity index (χ0) is 16.9. The van der Waals surface area contributed by atoms with Crippen LogP contribution in [0.1, 0.15) is 11.7 Å². The van der Waals surface area contributed by atoms with Crippen LogP contribution in [0.5, 0.6) is 5.75 Å². The van der Waals surface area contributed by atoms with Crippen molar-refractivity contribution in [2.45, 2.75) is 11.3 Å². The lowest BCUT2D eigenvalue weighted by Gasteiger charge is -2.12. The number of halogens is 1. The van der Waals surface area contributed by atoms with E-state index in [1.54, 1.807) is 31.4 Å². The zero-order valence-corrected chi connectivity index (χ0v) is 13.7. The number of aliphatic hydroxyl groups is 1. The van der Waals surface area contributed by atoms with Gasteiger partial charge in [0.25, 0.3) is 0 Å². The van der Waals surface area contributed by atoms with Gasteiger partial charge in [0.1, 0.15) is 17.3 Å². The van der Waals surface area contributed by atoms with Gasteiger partial charge in [0.2, 0.25) is 5.16 Å². The Labute approximate surface area is 142 Å². The number of thioether (sulfide) groups is 1. The van der Waals surface area contributed by atoms with Crippen LogP contribution in [0.4, 0.5) is 4.39 Å². The standard InChI is InChI=1S/C16H15FN4O2S/c1-23-15-9-5-4-8-13(15)21-16(18-19-20-21)24-10-14(22)11-6-2-3-7-12(11)17/h2-9,14,22H,10H2,1H3/t14-/m1/s1. The maximum absolute atomic E-state index is 13.7. The molecule has 0 saturated heterocycles. The Kier molecular flexibility index (Phi) is 5.07. The van der Waals surface area contributed by atoms with E-state index in [4.69, 9.17) is 4.74 Å². The number of para-hydroxylation sites is 2. The van der Waals surface area contributed by atoms with Gasteiger partial charge in [-0.2, -0.15) is 4.68 Å². The number of hydrogen-bond acceptors (Lipinski definition) is 6. The number of benzene rings is 2. The first kappa shape index (κ1) is 16.4. The molecule has 1 heterocycles. The van der Waals surface area contributed by atoms with E-state index in [2.05, 4.69) is 15.5 Å². The highest BCUT2D eigenvalue weighted by atomic mass is 32.2. The lowest BCUT2D eigenvalue weighted by Crippen LogP contribution is -2.06. The fraction of sp³-hybridized carbons (Fsp3) is 0.188. The van der Waals surface area contributed by atoms with Gasteiger partial charge in [-0.25, -0.2) is 4.39 Å². The van der Waals surface area contributed by atoms with Crippen molar-refractivity contribution < 1.29 is 14.2 Å². The lowest BCUT2D eigenvalue weighted by atomic mass is 10.1. The van der Waals surface area contributed by atoms with Crippen LogP contribution in [-0.2, 0) is 0 Å². The minimum atomic E-state index is -0.959. The molecule has 0 aliphatic rings. The highest BCUT2D eigenvalue weighted by Crippen LogP contribution is 2.28. The molecular weight excluding hydrogens is 331 g/mol. The monoisotopic (exact) mass is 346 g/mol. The smallest absolute Gasteiger partial charge is 0.214 e. The molecule has 24 heavy (non-hydrogen) atoms. The molecular formula is C16H15FN4O2S. The largest absolute Gasteiger partial charge is 0.494 e. The number of rotatable bonds is 6. The summed E-state index contributed by atoms with van der Waals surface area (Å²) < 4.78 is 20.6. The van der Waals surface area contributed by atoms with E-state index in [0.29, 0.717) is 16.6 Å². The number of ether oxygens (including phenoxy) is 1. The topological polar surface area (TPSA) is 73.1 Å². The average molecular weight is 346 g/mol. The molecule has 0 bridgehead atoms. The Morgan fingerprint density at radius 3 is 2.75 bits per heavy atom. The molecule has 0 aliphatic heterocycles. The molecule has 2 aromatic carbocycles. The zero-order valence-electron chi connectivity index (χ0n) is 12.8. The highest BCUT2D eigenvalue weighted by Gasteiger charge is 2.17. The van der Waals surface area contributed by atoms with E-state index in [9.17, 15) is 9.50 Å². The van der Waals surface area contributed by atoms with Crippen molar-refractivity contribution in [3.63, 3.8) is 0 Å². The summed E-state index contributed by atoms with van der Waals surface area (Å²) in [6.45, 7) is 0. The first-order valence-corrected chi connectivity index (χ1v) is 8.16. The van der Waals surface area contributed by atoms with Gasteiger partial charge in [0, 0.05) is 11.3 Å². The van der Waals surface area contributed by atoms with Crippen LogP contribution >= 0.6 is 11.8 Å². The van der Waals surface area contributed by atoms with Gasteiger partial charge < -0.3 is 9.84 Å². The van der Waals surface area contributed by atoms with Crippen molar-refractivity contribution in [2.24, 2.45) is 0 Å². The van der Waals surface area contributed by atoms with Gasteiger partial charge in [-0.15, -0.1) is 5.10 Å². The maximum Gasteiger partial charge on any atom is 0.214 e. The Hall–Kier alpha value is -2.45. The third kappa shape index (κ3) is 3.39. The third-order valence-electron chi connectivity index (χ3n) is 3.39. The second-order valence-electron chi connectivity index (χ2n) is 4.89. The number of nitrogens with zero attached hydrogens (tertiary/aromatic N) is 4. The molecule has 0 radical (unpaired) electrons. The van der Waals surface area contributed by atoms with E-state index in [0.717, 1.165) is 0 Å². The Morgan fingerprint density at radius 1 is 1.21 bits per heavy atom. The van der Waals surface area contributed by atoms with E-state index < -0.39 is 11.9 Å². The number of methoxy groups -OCH3 is 1.